The molecular weight excluding hydrogens is 231 g/mol. The van der Waals surface area contributed by atoms with E-state index in [9.17, 15) is 9.18 Å². The zero-order valence-corrected chi connectivity index (χ0v) is 10.6. The summed E-state index contributed by atoms with van der Waals surface area (Å²) in [4.78, 5) is 11.9. The van der Waals surface area contributed by atoms with Gasteiger partial charge in [-0.15, -0.1) is 0 Å². The minimum atomic E-state index is -0.272. The first-order chi connectivity index (χ1) is 8.65. The molecule has 4 heteroatoms. The molecule has 1 aliphatic heterocycles. The molecule has 0 bridgehead atoms. The molecule has 3 nitrogen and oxygen atoms in total. The van der Waals surface area contributed by atoms with E-state index in [2.05, 4.69) is 17.6 Å². The first kappa shape index (κ1) is 13.0. The Kier molecular flexibility index (Phi) is 4.31. The number of nitrogens with one attached hydrogen (secondary N) is 2. The lowest BCUT2D eigenvalue weighted by molar-refractivity contribution is -0.121. The Morgan fingerprint density at radius 3 is 2.83 bits per heavy atom. The third-order valence-corrected chi connectivity index (χ3v) is 3.41. The molecule has 2 rings (SSSR count). The Labute approximate surface area is 107 Å². The molecule has 1 aliphatic rings. The number of carbonyl (C=O) groups excluding carboxylic acids is 1. The summed E-state index contributed by atoms with van der Waals surface area (Å²) in [6.07, 6.45) is 1.28. The van der Waals surface area contributed by atoms with Gasteiger partial charge in [-0.3, -0.25) is 4.79 Å². The Bertz CT molecular complexity index is 405. The van der Waals surface area contributed by atoms with E-state index in [0.29, 0.717) is 12.3 Å². The molecule has 18 heavy (non-hydrogen) atoms. The molecule has 0 saturated carbocycles. The number of amides is 1. The molecule has 1 aromatic carbocycles. The smallest absolute Gasteiger partial charge is 0.224 e. The van der Waals surface area contributed by atoms with Gasteiger partial charge in [0.2, 0.25) is 5.91 Å². The van der Waals surface area contributed by atoms with Gasteiger partial charge in [-0.05, 0) is 43.1 Å². The molecule has 1 heterocycles. The summed E-state index contributed by atoms with van der Waals surface area (Å²) >= 11 is 0. The van der Waals surface area contributed by atoms with Crippen LogP contribution < -0.4 is 10.6 Å². The summed E-state index contributed by atoms with van der Waals surface area (Å²) in [6.45, 7) is 4.03. The highest BCUT2D eigenvalue weighted by Gasteiger charge is 2.22. The van der Waals surface area contributed by atoms with Crippen LogP contribution in [-0.2, 0) is 11.2 Å². The fraction of sp³-hybridized carbons (Fsp3) is 0.500. The molecule has 1 saturated heterocycles. The molecular formula is C14H19FN2O. The van der Waals surface area contributed by atoms with Crippen LogP contribution in [0.2, 0.25) is 0 Å². The lowest BCUT2D eigenvalue weighted by Gasteiger charge is -2.30. The number of benzene rings is 1. The van der Waals surface area contributed by atoms with Gasteiger partial charge in [0.1, 0.15) is 5.82 Å². The van der Waals surface area contributed by atoms with Crippen LogP contribution in [0.3, 0.4) is 0 Å². The van der Waals surface area contributed by atoms with Crippen molar-refractivity contribution in [2.75, 3.05) is 13.1 Å². The molecule has 0 aromatic heterocycles. The van der Waals surface area contributed by atoms with Crippen molar-refractivity contribution in [1.29, 1.82) is 0 Å². The largest absolute Gasteiger partial charge is 0.353 e. The van der Waals surface area contributed by atoms with Crippen LogP contribution in [0.5, 0.6) is 0 Å². The molecule has 2 atom stereocenters. The van der Waals surface area contributed by atoms with Gasteiger partial charge >= 0.3 is 0 Å². The second-order valence-corrected chi connectivity index (χ2v) is 4.95. The Balaban J connectivity index is 1.86. The van der Waals surface area contributed by atoms with Gasteiger partial charge in [-0.1, -0.05) is 19.1 Å². The second kappa shape index (κ2) is 5.96. The quantitative estimate of drug-likeness (QED) is 0.853. The summed E-state index contributed by atoms with van der Waals surface area (Å²) < 4.78 is 12.7. The Morgan fingerprint density at radius 1 is 1.44 bits per heavy atom. The topological polar surface area (TPSA) is 41.1 Å². The monoisotopic (exact) mass is 250 g/mol. The van der Waals surface area contributed by atoms with Crippen molar-refractivity contribution in [1.82, 2.24) is 10.6 Å². The van der Waals surface area contributed by atoms with Crippen molar-refractivity contribution < 1.29 is 9.18 Å². The number of rotatable bonds is 3. The number of halogens is 1. The van der Waals surface area contributed by atoms with Crippen molar-refractivity contribution in [2.24, 2.45) is 5.92 Å². The Morgan fingerprint density at radius 2 is 2.17 bits per heavy atom. The molecule has 1 amide bonds. The maximum atomic E-state index is 12.7. The van der Waals surface area contributed by atoms with Gasteiger partial charge in [0, 0.05) is 6.04 Å². The van der Waals surface area contributed by atoms with Crippen molar-refractivity contribution >= 4 is 5.91 Å². The summed E-state index contributed by atoms with van der Waals surface area (Å²) in [5.41, 5.74) is 0.843. The Hall–Kier alpha value is -1.42. The minimum absolute atomic E-state index is 0.0142. The molecule has 1 fully saturated rings. The van der Waals surface area contributed by atoms with Gasteiger partial charge in [0.25, 0.3) is 0 Å². The number of hydrogen-bond acceptors (Lipinski definition) is 2. The van der Waals surface area contributed by atoms with E-state index >= 15 is 0 Å². The fourth-order valence-electron chi connectivity index (χ4n) is 2.27. The van der Waals surface area contributed by atoms with E-state index in [0.717, 1.165) is 25.1 Å². The molecule has 2 N–H and O–H groups in total. The number of piperidine rings is 1. The first-order valence-electron chi connectivity index (χ1n) is 6.39. The molecule has 0 spiro atoms. The zero-order valence-electron chi connectivity index (χ0n) is 10.6. The second-order valence-electron chi connectivity index (χ2n) is 4.95. The maximum absolute atomic E-state index is 12.7. The zero-order chi connectivity index (χ0) is 13.0. The van der Waals surface area contributed by atoms with Crippen molar-refractivity contribution in [3.63, 3.8) is 0 Å². The van der Waals surface area contributed by atoms with E-state index in [1.807, 2.05) is 0 Å². The third-order valence-electron chi connectivity index (χ3n) is 3.41. The average Bonchev–Trinajstić information content (AvgIpc) is 2.35. The van der Waals surface area contributed by atoms with E-state index in [-0.39, 0.29) is 17.8 Å². The summed E-state index contributed by atoms with van der Waals surface area (Å²) in [6, 6.07) is 6.33. The van der Waals surface area contributed by atoms with Gasteiger partial charge in [-0.2, -0.15) is 0 Å². The van der Waals surface area contributed by atoms with Gasteiger partial charge in [0.05, 0.1) is 6.42 Å². The summed E-state index contributed by atoms with van der Waals surface area (Å²) in [5, 5.41) is 6.36. The highest BCUT2D eigenvalue weighted by atomic mass is 19.1. The third kappa shape index (κ3) is 3.53. The normalized spacial score (nSPS) is 23.7. The van der Waals surface area contributed by atoms with Gasteiger partial charge < -0.3 is 10.6 Å². The summed E-state index contributed by atoms with van der Waals surface area (Å²) in [7, 11) is 0. The van der Waals surface area contributed by atoms with Crippen LogP contribution in [0.25, 0.3) is 0 Å². The molecule has 1 aromatic rings. The molecule has 2 unspecified atom stereocenters. The standard InChI is InChI=1S/C14H19FN2O/c1-10-9-16-7-6-13(10)17-14(18)8-11-2-4-12(15)5-3-11/h2-5,10,13,16H,6-9H2,1H3,(H,17,18). The van der Waals surface area contributed by atoms with Crippen molar-refractivity contribution in [2.45, 2.75) is 25.8 Å². The van der Waals surface area contributed by atoms with Gasteiger partial charge in [-0.25, -0.2) is 4.39 Å². The lowest BCUT2D eigenvalue weighted by Crippen LogP contribution is -2.48. The van der Waals surface area contributed by atoms with E-state index in [1.54, 1.807) is 12.1 Å². The van der Waals surface area contributed by atoms with Crippen LogP contribution in [-0.4, -0.2) is 25.0 Å². The number of carbonyl (C=O) groups is 1. The van der Waals surface area contributed by atoms with E-state index in [1.165, 1.54) is 12.1 Å². The predicted molar refractivity (Wildman–Crippen MR) is 68.7 cm³/mol. The SMILES string of the molecule is CC1CNCCC1NC(=O)Cc1ccc(F)cc1. The van der Waals surface area contributed by atoms with E-state index in [4.69, 9.17) is 0 Å². The van der Waals surface area contributed by atoms with Gasteiger partial charge in [0.15, 0.2) is 0 Å². The van der Waals surface area contributed by atoms with Crippen LogP contribution in [0.4, 0.5) is 4.39 Å². The van der Waals surface area contributed by atoms with Crippen molar-refractivity contribution in [3.05, 3.63) is 35.6 Å². The van der Waals surface area contributed by atoms with E-state index < -0.39 is 0 Å². The van der Waals surface area contributed by atoms with Crippen LogP contribution in [0, 0.1) is 11.7 Å². The first-order valence-corrected chi connectivity index (χ1v) is 6.39. The lowest BCUT2D eigenvalue weighted by atomic mass is 9.95. The van der Waals surface area contributed by atoms with Crippen LogP contribution in [0.15, 0.2) is 24.3 Å². The number of hydrogen-bond donors (Lipinski definition) is 2. The molecule has 0 radical (unpaired) electrons. The highest BCUT2D eigenvalue weighted by Crippen LogP contribution is 2.11. The predicted octanol–water partition coefficient (Wildman–Crippen LogP) is 1.48. The molecule has 98 valence electrons. The molecule has 0 aliphatic carbocycles. The van der Waals surface area contributed by atoms with Crippen LogP contribution in [0.1, 0.15) is 18.9 Å². The summed E-state index contributed by atoms with van der Waals surface area (Å²) in [5.74, 6) is 0.197. The van der Waals surface area contributed by atoms with Crippen molar-refractivity contribution in [3.8, 4) is 0 Å². The highest BCUT2D eigenvalue weighted by molar-refractivity contribution is 5.78. The average molecular weight is 250 g/mol. The fourth-order valence-corrected chi connectivity index (χ4v) is 2.27. The maximum Gasteiger partial charge on any atom is 0.224 e. The van der Waals surface area contributed by atoms with Crippen LogP contribution >= 0.6 is 0 Å². The minimum Gasteiger partial charge on any atom is -0.353 e.